The highest BCUT2D eigenvalue weighted by molar-refractivity contribution is 9.10. The standard InChI is InChI=1S/C29H29BrN2O8S/c1-5-7-20-25(28(36)39-6-2)26(18-14-17(37-3)9-11-21(18)38-4)32-27(35)23(41-29(32)31-20)13-16-8-10-22(19(30)12-16)40-15-24(33)34/h8-14,26H,5-7,15H2,1-4H3,(H,33,34)/b23-13-/t26-/m1/s1. The van der Waals surface area contributed by atoms with Crippen molar-refractivity contribution < 1.29 is 33.6 Å². The minimum absolute atomic E-state index is 0.162. The highest BCUT2D eigenvalue weighted by Crippen LogP contribution is 2.38. The molecule has 12 heteroatoms. The van der Waals surface area contributed by atoms with E-state index >= 15 is 0 Å². The number of hydrogen-bond acceptors (Lipinski definition) is 9. The van der Waals surface area contributed by atoms with Gasteiger partial charge in [-0.1, -0.05) is 30.7 Å². The number of carboxylic acids is 1. The lowest BCUT2D eigenvalue weighted by atomic mass is 9.93. The number of aromatic nitrogens is 1. The molecule has 0 saturated heterocycles. The summed E-state index contributed by atoms with van der Waals surface area (Å²) in [6, 6.07) is 9.43. The third-order valence-corrected chi connectivity index (χ3v) is 7.83. The molecule has 1 aliphatic heterocycles. The second-order valence-corrected chi connectivity index (χ2v) is 10.8. The summed E-state index contributed by atoms with van der Waals surface area (Å²) in [6.07, 6.45) is 2.94. The SMILES string of the molecule is CCCC1=C(C(=O)OCC)[C@@H](c2cc(OC)ccc2OC)n2c(s/c(=C\c3ccc(OCC(=O)O)c(Br)c3)c2=O)=N1. The van der Waals surface area contributed by atoms with Crippen LogP contribution in [0.1, 0.15) is 43.9 Å². The number of halogens is 1. The van der Waals surface area contributed by atoms with Crippen molar-refractivity contribution in [3.8, 4) is 17.2 Å². The zero-order valence-corrected chi connectivity index (χ0v) is 25.3. The topological polar surface area (TPSA) is 126 Å². The molecule has 1 N–H and O–H groups in total. The fourth-order valence-corrected chi connectivity index (χ4v) is 6.01. The first-order valence-corrected chi connectivity index (χ1v) is 14.4. The minimum atomic E-state index is -1.09. The van der Waals surface area contributed by atoms with E-state index in [1.54, 1.807) is 49.4 Å². The van der Waals surface area contributed by atoms with Gasteiger partial charge in [0.1, 0.15) is 23.3 Å². The van der Waals surface area contributed by atoms with Crippen molar-refractivity contribution in [2.75, 3.05) is 27.4 Å². The molecule has 2 aromatic carbocycles. The Bertz CT molecular complexity index is 1690. The summed E-state index contributed by atoms with van der Waals surface area (Å²) >= 11 is 4.60. The first kappa shape index (κ1) is 30.1. The van der Waals surface area contributed by atoms with E-state index in [0.717, 1.165) is 6.42 Å². The van der Waals surface area contributed by atoms with Crippen molar-refractivity contribution >= 4 is 45.3 Å². The number of rotatable bonds is 11. The number of nitrogens with zero attached hydrogens (tertiary/aromatic N) is 2. The van der Waals surface area contributed by atoms with Crippen LogP contribution in [-0.2, 0) is 14.3 Å². The van der Waals surface area contributed by atoms with Gasteiger partial charge >= 0.3 is 11.9 Å². The molecule has 0 radical (unpaired) electrons. The van der Waals surface area contributed by atoms with Crippen molar-refractivity contribution in [3.63, 3.8) is 0 Å². The lowest BCUT2D eigenvalue weighted by Gasteiger charge is -2.27. The summed E-state index contributed by atoms with van der Waals surface area (Å²) in [6.45, 7) is 3.40. The molecule has 0 spiro atoms. The van der Waals surface area contributed by atoms with Crippen LogP contribution < -0.4 is 29.1 Å². The maximum atomic E-state index is 14.0. The van der Waals surface area contributed by atoms with Crippen LogP contribution in [0.4, 0.5) is 0 Å². The Kier molecular flexibility index (Phi) is 9.66. The van der Waals surface area contributed by atoms with Gasteiger partial charge in [-0.25, -0.2) is 14.6 Å². The second kappa shape index (κ2) is 13.2. The van der Waals surface area contributed by atoms with Gasteiger partial charge in [0.25, 0.3) is 5.56 Å². The van der Waals surface area contributed by atoms with Crippen LogP contribution in [0, 0.1) is 0 Å². The molecule has 1 aromatic heterocycles. The Labute approximate surface area is 248 Å². The smallest absolute Gasteiger partial charge is 0.341 e. The fraction of sp³-hybridized carbons (Fsp3) is 0.310. The molecule has 0 amide bonds. The first-order chi connectivity index (χ1) is 19.7. The van der Waals surface area contributed by atoms with Crippen LogP contribution in [-0.4, -0.2) is 49.0 Å². The predicted octanol–water partition coefficient (Wildman–Crippen LogP) is 3.82. The Morgan fingerprint density at radius 1 is 1.12 bits per heavy atom. The minimum Gasteiger partial charge on any atom is -0.497 e. The number of hydrogen-bond donors (Lipinski definition) is 1. The zero-order valence-electron chi connectivity index (χ0n) is 22.9. The Morgan fingerprint density at radius 2 is 1.88 bits per heavy atom. The van der Waals surface area contributed by atoms with Crippen molar-refractivity contribution in [3.05, 3.63) is 83.0 Å². The number of aliphatic carboxylic acids is 1. The van der Waals surface area contributed by atoms with E-state index in [9.17, 15) is 14.4 Å². The highest BCUT2D eigenvalue weighted by Gasteiger charge is 2.36. The van der Waals surface area contributed by atoms with Gasteiger partial charge in [-0.2, -0.15) is 0 Å². The molecule has 2 heterocycles. The van der Waals surface area contributed by atoms with Crippen LogP contribution in [0.25, 0.3) is 6.08 Å². The predicted molar refractivity (Wildman–Crippen MR) is 156 cm³/mol. The molecule has 4 rings (SSSR count). The molecule has 1 aliphatic rings. The number of ether oxygens (including phenoxy) is 4. The van der Waals surface area contributed by atoms with Crippen LogP contribution in [0.2, 0.25) is 0 Å². The molecule has 10 nitrogen and oxygen atoms in total. The van der Waals surface area contributed by atoms with Crippen LogP contribution in [0.15, 0.2) is 61.9 Å². The first-order valence-electron chi connectivity index (χ1n) is 12.8. The van der Waals surface area contributed by atoms with E-state index in [-0.39, 0.29) is 17.7 Å². The second-order valence-electron chi connectivity index (χ2n) is 8.89. The van der Waals surface area contributed by atoms with Crippen LogP contribution in [0.5, 0.6) is 17.2 Å². The summed E-state index contributed by atoms with van der Waals surface area (Å²) in [7, 11) is 3.06. The average Bonchev–Trinajstić information content (AvgIpc) is 3.25. The Balaban J connectivity index is 1.95. The summed E-state index contributed by atoms with van der Waals surface area (Å²) in [5.41, 5.74) is 1.73. The highest BCUT2D eigenvalue weighted by atomic mass is 79.9. The number of methoxy groups -OCH3 is 2. The van der Waals surface area contributed by atoms with Crippen molar-refractivity contribution in [2.45, 2.75) is 32.7 Å². The molecule has 1 atom stereocenters. The third-order valence-electron chi connectivity index (χ3n) is 6.23. The maximum absolute atomic E-state index is 14.0. The van der Waals surface area contributed by atoms with Gasteiger partial charge in [-0.05, 0) is 71.2 Å². The largest absolute Gasteiger partial charge is 0.497 e. The van der Waals surface area contributed by atoms with Crippen molar-refractivity contribution in [1.82, 2.24) is 4.57 Å². The van der Waals surface area contributed by atoms with Crippen LogP contribution in [0.3, 0.4) is 0 Å². The normalized spacial score (nSPS) is 14.8. The molecule has 0 bridgehead atoms. The molecule has 216 valence electrons. The lowest BCUT2D eigenvalue weighted by molar-refractivity contribution is -0.140. The quantitative estimate of drug-likeness (QED) is 0.312. The van der Waals surface area contributed by atoms with Gasteiger partial charge in [0, 0.05) is 5.56 Å². The van der Waals surface area contributed by atoms with E-state index < -0.39 is 24.6 Å². The van der Waals surface area contributed by atoms with Gasteiger partial charge < -0.3 is 24.1 Å². The average molecular weight is 646 g/mol. The van der Waals surface area contributed by atoms with Gasteiger partial charge in [0.2, 0.25) is 0 Å². The van der Waals surface area contributed by atoms with E-state index in [0.29, 0.717) is 54.3 Å². The molecule has 0 fully saturated rings. The summed E-state index contributed by atoms with van der Waals surface area (Å²) in [4.78, 5) is 43.5. The Morgan fingerprint density at radius 3 is 2.51 bits per heavy atom. The van der Waals surface area contributed by atoms with E-state index in [4.69, 9.17) is 29.0 Å². The zero-order chi connectivity index (χ0) is 29.7. The number of carboxylic acid groups (broad SMARTS) is 1. The monoisotopic (exact) mass is 644 g/mol. The Hall–Kier alpha value is -3.90. The van der Waals surface area contributed by atoms with E-state index in [1.165, 1.54) is 30.1 Å². The van der Waals surface area contributed by atoms with E-state index in [2.05, 4.69) is 15.9 Å². The number of thiazole rings is 1. The molecule has 0 aliphatic carbocycles. The number of allylic oxidation sites excluding steroid dienone is 1. The van der Waals surface area contributed by atoms with E-state index in [1.807, 2.05) is 6.92 Å². The van der Waals surface area contributed by atoms with Crippen LogP contribution >= 0.6 is 27.3 Å². The molecular formula is C29H29BrN2O8S. The lowest BCUT2D eigenvalue weighted by Crippen LogP contribution is -2.40. The van der Waals surface area contributed by atoms with Gasteiger partial charge in [-0.15, -0.1) is 0 Å². The summed E-state index contributed by atoms with van der Waals surface area (Å²) < 4.78 is 24.3. The molecular weight excluding hydrogens is 616 g/mol. The summed E-state index contributed by atoms with van der Waals surface area (Å²) in [5, 5.41) is 8.89. The number of fused-ring (bicyclic) bond motifs is 1. The summed E-state index contributed by atoms with van der Waals surface area (Å²) in [5.74, 6) is -0.265. The van der Waals surface area contributed by atoms with Crippen molar-refractivity contribution in [1.29, 1.82) is 0 Å². The molecule has 41 heavy (non-hydrogen) atoms. The number of carbonyl (C=O) groups excluding carboxylic acids is 1. The van der Waals surface area contributed by atoms with Crippen molar-refractivity contribution in [2.24, 2.45) is 4.99 Å². The number of carbonyl (C=O) groups is 2. The molecule has 0 saturated carbocycles. The third kappa shape index (κ3) is 6.38. The van der Waals surface area contributed by atoms with Gasteiger partial charge in [-0.3, -0.25) is 9.36 Å². The van der Waals surface area contributed by atoms with Gasteiger partial charge in [0.05, 0.1) is 41.1 Å². The molecule has 3 aromatic rings. The number of benzene rings is 2. The number of esters is 1. The molecule has 0 unspecified atom stereocenters. The fourth-order valence-electron chi connectivity index (χ4n) is 4.48. The maximum Gasteiger partial charge on any atom is 0.341 e. The van der Waals surface area contributed by atoms with Gasteiger partial charge in [0.15, 0.2) is 11.4 Å².